The molecule has 0 fully saturated rings. The van der Waals surface area contributed by atoms with E-state index in [2.05, 4.69) is 15.3 Å². The van der Waals surface area contributed by atoms with Crippen LogP contribution in [-0.4, -0.2) is 27.7 Å². The van der Waals surface area contributed by atoms with Crippen LogP contribution in [0, 0.1) is 0 Å². The molecule has 1 aromatic carbocycles. The predicted octanol–water partition coefficient (Wildman–Crippen LogP) is 4.44. The number of nitrogens with zero attached hydrogens (tertiary/aromatic N) is 2. The number of carboxylic acids is 1. The highest BCUT2D eigenvalue weighted by Crippen LogP contribution is 2.38. The van der Waals surface area contributed by atoms with Crippen LogP contribution in [0.5, 0.6) is 0 Å². The summed E-state index contributed by atoms with van der Waals surface area (Å²) >= 11 is 7.99. The number of hydrogen-bond acceptors (Lipinski definition) is 6. The van der Waals surface area contributed by atoms with Crippen molar-refractivity contribution in [2.45, 2.75) is 38.8 Å². The van der Waals surface area contributed by atoms with Gasteiger partial charge in [0, 0.05) is 16.4 Å². The van der Waals surface area contributed by atoms with Gasteiger partial charge in [-0.3, -0.25) is 0 Å². The van der Waals surface area contributed by atoms with Gasteiger partial charge in [0.2, 0.25) is 0 Å². The Labute approximate surface area is 171 Å². The summed E-state index contributed by atoms with van der Waals surface area (Å²) in [7, 11) is 0. The normalized spacial score (nSPS) is 13.5. The van der Waals surface area contributed by atoms with Gasteiger partial charge in [-0.1, -0.05) is 29.8 Å². The average Bonchev–Trinajstić information content (AvgIpc) is 3.05. The SMILES string of the molecule is O=C(O)COCc1nc(NCc2ccccc2Cl)c2c3c(sc2n1)CCCC3. The summed E-state index contributed by atoms with van der Waals surface area (Å²) in [6, 6.07) is 7.71. The standard InChI is InChI=1S/C20H20ClN3O3S/c21-14-7-3-1-5-12(14)9-22-19-18-13-6-2-4-8-15(13)28-20(18)24-16(23-19)10-27-11-17(25)26/h1,3,5,7H,2,4,6,8-11H2,(H,25,26)(H,22,23,24). The predicted molar refractivity (Wildman–Crippen MR) is 110 cm³/mol. The fourth-order valence-electron chi connectivity index (χ4n) is 3.44. The van der Waals surface area contributed by atoms with Crippen molar-refractivity contribution in [3.05, 3.63) is 51.1 Å². The molecule has 3 aromatic rings. The lowest BCUT2D eigenvalue weighted by atomic mass is 9.97. The highest BCUT2D eigenvalue weighted by atomic mass is 35.5. The Kier molecular flexibility index (Phi) is 5.75. The van der Waals surface area contributed by atoms with Crippen molar-refractivity contribution in [2.24, 2.45) is 0 Å². The van der Waals surface area contributed by atoms with E-state index in [9.17, 15) is 4.79 Å². The molecule has 0 amide bonds. The minimum atomic E-state index is -1.01. The molecule has 2 heterocycles. The average molecular weight is 418 g/mol. The Balaban J connectivity index is 1.67. The molecule has 28 heavy (non-hydrogen) atoms. The summed E-state index contributed by atoms with van der Waals surface area (Å²) in [5, 5.41) is 14.0. The maximum absolute atomic E-state index is 10.7. The third-order valence-corrected chi connectivity index (χ3v) is 6.28. The van der Waals surface area contributed by atoms with E-state index in [1.165, 1.54) is 23.3 Å². The van der Waals surface area contributed by atoms with Crippen molar-refractivity contribution in [2.75, 3.05) is 11.9 Å². The zero-order valence-corrected chi connectivity index (χ0v) is 16.8. The van der Waals surface area contributed by atoms with Crippen molar-refractivity contribution < 1.29 is 14.6 Å². The van der Waals surface area contributed by atoms with Crippen molar-refractivity contribution in [3.63, 3.8) is 0 Å². The van der Waals surface area contributed by atoms with Gasteiger partial charge in [0.05, 0.1) is 5.39 Å². The number of fused-ring (bicyclic) bond motifs is 3. The van der Waals surface area contributed by atoms with Crippen LogP contribution in [-0.2, 0) is 35.5 Å². The van der Waals surface area contributed by atoms with Crippen LogP contribution < -0.4 is 5.32 Å². The summed E-state index contributed by atoms with van der Waals surface area (Å²) in [5.41, 5.74) is 2.33. The molecule has 0 atom stereocenters. The summed E-state index contributed by atoms with van der Waals surface area (Å²) in [5.74, 6) is 0.233. The number of carboxylic acid groups (broad SMARTS) is 1. The lowest BCUT2D eigenvalue weighted by Crippen LogP contribution is -2.10. The number of benzene rings is 1. The number of aromatic nitrogens is 2. The maximum atomic E-state index is 10.7. The molecule has 1 aliphatic rings. The number of aryl methyl sites for hydroxylation is 2. The number of anilines is 1. The zero-order chi connectivity index (χ0) is 19.5. The van der Waals surface area contributed by atoms with Crippen LogP contribution in [0.3, 0.4) is 0 Å². The number of aliphatic carboxylic acids is 1. The van der Waals surface area contributed by atoms with E-state index in [0.29, 0.717) is 17.4 Å². The summed E-state index contributed by atoms with van der Waals surface area (Å²) in [4.78, 5) is 22.3. The number of carbonyl (C=O) groups is 1. The second-order valence-corrected chi connectivity index (χ2v) is 8.20. The molecule has 2 aromatic heterocycles. The van der Waals surface area contributed by atoms with E-state index in [-0.39, 0.29) is 13.2 Å². The van der Waals surface area contributed by atoms with Gasteiger partial charge < -0.3 is 15.2 Å². The Morgan fingerprint density at radius 3 is 2.89 bits per heavy atom. The van der Waals surface area contributed by atoms with Gasteiger partial charge in [-0.2, -0.15) is 0 Å². The highest BCUT2D eigenvalue weighted by molar-refractivity contribution is 7.19. The molecule has 0 saturated heterocycles. The van der Waals surface area contributed by atoms with E-state index in [1.807, 2.05) is 24.3 Å². The molecule has 0 unspecified atom stereocenters. The number of halogens is 1. The van der Waals surface area contributed by atoms with Crippen molar-refractivity contribution in [1.82, 2.24) is 9.97 Å². The smallest absolute Gasteiger partial charge is 0.329 e. The molecular formula is C20H20ClN3O3S. The summed E-state index contributed by atoms with van der Waals surface area (Å²) < 4.78 is 5.20. The Hall–Kier alpha value is -2.22. The second kappa shape index (κ2) is 8.43. The van der Waals surface area contributed by atoms with Gasteiger partial charge in [0.15, 0.2) is 5.82 Å². The summed E-state index contributed by atoms with van der Waals surface area (Å²) in [6.07, 6.45) is 4.48. The molecular weight excluding hydrogens is 398 g/mol. The van der Waals surface area contributed by atoms with Crippen molar-refractivity contribution >= 4 is 44.9 Å². The van der Waals surface area contributed by atoms with E-state index >= 15 is 0 Å². The van der Waals surface area contributed by atoms with Crippen LogP contribution in [0.2, 0.25) is 5.02 Å². The van der Waals surface area contributed by atoms with Crippen LogP contribution in [0.1, 0.15) is 34.7 Å². The van der Waals surface area contributed by atoms with Crippen LogP contribution >= 0.6 is 22.9 Å². The van der Waals surface area contributed by atoms with Gasteiger partial charge in [0.25, 0.3) is 0 Å². The van der Waals surface area contributed by atoms with Gasteiger partial charge in [-0.25, -0.2) is 14.8 Å². The molecule has 0 spiro atoms. The topological polar surface area (TPSA) is 84.3 Å². The molecule has 6 nitrogen and oxygen atoms in total. The second-order valence-electron chi connectivity index (χ2n) is 6.71. The molecule has 0 bridgehead atoms. The molecule has 1 aliphatic carbocycles. The number of thiophene rings is 1. The van der Waals surface area contributed by atoms with Crippen molar-refractivity contribution in [3.8, 4) is 0 Å². The van der Waals surface area contributed by atoms with Gasteiger partial charge in [-0.15, -0.1) is 11.3 Å². The van der Waals surface area contributed by atoms with Crippen LogP contribution in [0.15, 0.2) is 24.3 Å². The quantitative estimate of drug-likeness (QED) is 0.591. The minimum absolute atomic E-state index is 0.0611. The fraction of sp³-hybridized carbons (Fsp3) is 0.350. The Bertz CT molecular complexity index is 1020. The van der Waals surface area contributed by atoms with Crippen LogP contribution in [0.4, 0.5) is 5.82 Å². The lowest BCUT2D eigenvalue weighted by Gasteiger charge is -2.14. The minimum Gasteiger partial charge on any atom is -0.480 e. The summed E-state index contributed by atoms with van der Waals surface area (Å²) in [6.45, 7) is 0.238. The molecule has 2 N–H and O–H groups in total. The van der Waals surface area contributed by atoms with E-state index in [1.54, 1.807) is 11.3 Å². The maximum Gasteiger partial charge on any atom is 0.329 e. The van der Waals surface area contributed by atoms with Gasteiger partial charge in [0.1, 0.15) is 23.9 Å². The first-order chi connectivity index (χ1) is 13.6. The first kappa shape index (κ1) is 19.1. The molecule has 0 aliphatic heterocycles. The molecule has 4 rings (SSSR count). The Morgan fingerprint density at radius 1 is 1.25 bits per heavy atom. The molecule has 0 saturated carbocycles. The molecule has 8 heteroatoms. The number of ether oxygens (including phenoxy) is 1. The third-order valence-electron chi connectivity index (χ3n) is 4.72. The number of nitrogens with one attached hydrogen (secondary N) is 1. The van der Waals surface area contributed by atoms with Gasteiger partial charge >= 0.3 is 5.97 Å². The fourth-order valence-corrected chi connectivity index (χ4v) is 4.93. The largest absolute Gasteiger partial charge is 0.480 e. The monoisotopic (exact) mass is 417 g/mol. The van der Waals surface area contributed by atoms with E-state index < -0.39 is 5.97 Å². The lowest BCUT2D eigenvalue weighted by molar-refractivity contribution is -0.142. The van der Waals surface area contributed by atoms with Gasteiger partial charge in [-0.05, 0) is 42.9 Å². The zero-order valence-electron chi connectivity index (χ0n) is 15.2. The Morgan fingerprint density at radius 2 is 2.07 bits per heavy atom. The highest BCUT2D eigenvalue weighted by Gasteiger charge is 2.21. The first-order valence-electron chi connectivity index (χ1n) is 9.20. The molecule has 146 valence electrons. The van der Waals surface area contributed by atoms with E-state index in [4.69, 9.17) is 21.4 Å². The van der Waals surface area contributed by atoms with Crippen molar-refractivity contribution in [1.29, 1.82) is 0 Å². The first-order valence-corrected chi connectivity index (χ1v) is 10.4. The number of rotatable bonds is 7. The third kappa shape index (κ3) is 4.11. The number of hydrogen-bond donors (Lipinski definition) is 2. The molecule has 0 radical (unpaired) electrons. The van der Waals surface area contributed by atoms with E-state index in [0.717, 1.165) is 34.4 Å². The van der Waals surface area contributed by atoms with Crippen LogP contribution in [0.25, 0.3) is 10.2 Å².